The molecule has 2 atom stereocenters. The molecule has 11 heteroatoms. The fourth-order valence-electron chi connectivity index (χ4n) is 5.99. The number of nitrogens with one attached hydrogen (secondary N) is 3. The van der Waals surface area contributed by atoms with E-state index in [1.807, 2.05) is 31.7 Å². The van der Waals surface area contributed by atoms with Gasteiger partial charge in [0.25, 0.3) is 0 Å². The maximum atomic E-state index is 13.5. The third-order valence-electron chi connectivity index (χ3n) is 8.33. The SMILES string of the molecule is CC(C)(C)c1nc(N2CCN(CCCCNC(=O)C3CC45CCNC=C4C=CC=C5N3)CC2)cc(C(F)(F)F)n1. The second kappa shape index (κ2) is 11.1. The van der Waals surface area contributed by atoms with E-state index < -0.39 is 17.3 Å². The van der Waals surface area contributed by atoms with E-state index in [2.05, 4.69) is 49.2 Å². The van der Waals surface area contributed by atoms with Crippen LogP contribution in [-0.4, -0.2) is 72.6 Å². The predicted octanol–water partition coefficient (Wildman–Crippen LogP) is 3.49. The molecule has 8 nitrogen and oxygen atoms in total. The van der Waals surface area contributed by atoms with Crippen molar-refractivity contribution < 1.29 is 18.0 Å². The number of hydrogen-bond acceptors (Lipinski definition) is 7. The first-order valence-electron chi connectivity index (χ1n) is 14.3. The van der Waals surface area contributed by atoms with Crippen LogP contribution in [0.5, 0.6) is 0 Å². The van der Waals surface area contributed by atoms with E-state index in [1.165, 1.54) is 5.57 Å². The smallest absolute Gasteiger partial charge is 0.391 e. The average molecular weight is 560 g/mol. The maximum Gasteiger partial charge on any atom is 0.433 e. The summed E-state index contributed by atoms with van der Waals surface area (Å²) in [6, 6.07) is 0.843. The number of unbranched alkanes of at least 4 members (excludes halogenated alkanes) is 1. The van der Waals surface area contributed by atoms with Gasteiger partial charge >= 0.3 is 6.18 Å². The summed E-state index contributed by atoms with van der Waals surface area (Å²) in [6.07, 6.45) is 7.41. The second-order valence-corrected chi connectivity index (χ2v) is 12.2. The van der Waals surface area contributed by atoms with Crippen molar-refractivity contribution in [2.24, 2.45) is 5.41 Å². The zero-order chi connectivity index (χ0) is 28.5. The van der Waals surface area contributed by atoms with Crippen LogP contribution in [0.3, 0.4) is 0 Å². The molecular formula is C29H40F3N7O. The Hall–Kier alpha value is -3.08. The number of hydrogen-bond donors (Lipinski definition) is 3. The summed E-state index contributed by atoms with van der Waals surface area (Å²) in [6.45, 7) is 10.6. The lowest BCUT2D eigenvalue weighted by atomic mass is 9.70. The zero-order valence-corrected chi connectivity index (χ0v) is 23.6. The third-order valence-corrected chi connectivity index (χ3v) is 8.33. The molecule has 5 rings (SSSR count). The Labute approximate surface area is 234 Å². The highest BCUT2D eigenvalue weighted by Gasteiger charge is 2.48. The molecule has 1 amide bonds. The molecule has 0 bridgehead atoms. The summed E-state index contributed by atoms with van der Waals surface area (Å²) in [4.78, 5) is 25.4. The van der Waals surface area contributed by atoms with E-state index >= 15 is 0 Å². The van der Waals surface area contributed by atoms with Gasteiger partial charge in [-0.05, 0) is 43.9 Å². The molecule has 1 aromatic heterocycles. The van der Waals surface area contributed by atoms with Crippen molar-refractivity contribution in [1.82, 2.24) is 30.8 Å². The Balaban J connectivity index is 1.05. The Morgan fingerprint density at radius 2 is 1.93 bits per heavy atom. The summed E-state index contributed by atoms with van der Waals surface area (Å²) < 4.78 is 40.5. The van der Waals surface area contributed by atoms with Gasteiger partial charge in [0.1, 0.15) is 23.4 Å². The van der Waals surface area contributed by atoms with Crippen LogP contribution in [0, 0.1) is 5.41 Å². The fraction of sp³-hybridized carbons (Fsp3) is 0.621. The number of carbonyl (C=O) groups is 1. The second-order valence-electron chi connectivity index (χ2n) is 12.2. The maximum absolute atomic E-state index is 13.5. The molecule has 2 fully saturated rings. The van der Waals surface area contributed by atoms with Crippen molar-refractivity contribution in [3.63, 3.8) is 0 Å². The van der Waals surface area contributed by atoms with Crippen LogP contribution in [0.2, 0.25) is 0 Å². The Morgan fingerprint density at radius 3 is 2.65 bits per heavy atom. The molecule has 2 saturated heterocycles. The molecule has 3 N–H and O–H groups in total. The molecule has 218 valence electrons. The Kier molecular flexibility index (Phi) is 7.87. The number of aromatic nitrogens is 2. The van der Waals surface area contributed by atoms with Gasteiger partial charge in [-0.25, -0.2) is 9.97 Å². The van der Waals surface area contributed by atoms with E-state index in [0.29, 0.717) is 25.5 Å². The van der Waals surface area contributed by atoms with E-state index in [-0.39, 0.29) is 23.2 Å². The summed E-state index contributed by atoms with van der Waals surface area (Å²) in [5.41, 5.74) is 0.848. The molecule has 0 radical (unpaired) electrons. The first-order valence-corrected chi connectivity index (χ1v) is 14.3. The standard InChI is InChI=1S/C29H40F3N7O/c1-27(2,3)26-36-23(29(30,31)32)17-24(37-26)39-15-13-38(14-16-39)12-5-4-10-34-25(40)21-18-28-9-11-33-19-20(28)7-6-8-22(28)35-21/h6-8,17,19,21,33,35H,4-5,9-16,18H2,1-3H3,(H,34,40). The van der Waals surface area contributed by atoms with Crippen LogP contribution < -0.4 is 20.9 Å². The van der Waals surface area contributed by atoms with Gasteiger partial charge in [-0.1, -0.05) is 32.9 Å². The van der Waals surface area contributed by atoms with Crippen LogP contribution in [0.1, 0.15) is 58.0 Å². The molecule has 4 aliphatic rings. The number of halogens is 3. The largest absolute Gasteiger partial charge is 0.433 e. The number of amides is 1. The van der Waals surface area contributed by atoms with Crippen LogP contribution in [0.25, 0.3) is 0 Å². The van der Waals surface area contributed by atoms with Crippen LogP contribution in [0.15, 0.2) is 41.8 Å². The van der Waals surface area contributed by atoms with Gasteiger partial charge in [0.15, 0.2) is 0 Å². The quantitative estimate of drug-likeness (QED) is 0.441. The lowest BCUT2D eigenvalue weighted by Gasteiger charge is -2.36. The number of allylic oxidation sites excluding steroid dienone is 4. The number of alkyl halides is 3. The van der Waals surface area contributed by atoms with Gasteiger partial charge in [-0.3, -0.25) is 9.69 Å². The molecule has 2 unspecified atom stereocenters. The van der Waals surface area contributed by atoms with E-state index in [4.69, 9.17) is 0 Å². The molecule has 1 spiro atoms. The van der Waals surface area contributed by atoms with Crippen molar-refractivity contribution in [2.45, 2.75) is 64.1 Å². The Morgan fingerprint density at radius 1 is 1.15 bits per heavy atom. The van der Waals surface area contributed by atoms with Crippen molar-refractivity contribution in [3.8, 4) is 0 Å². The van der Waals surface area contributed by atoms with Crippen LogP contribution in [0.4, 0.5) is 19.0 Å². The topological polar surface area (TPSA) is 85.4 Å². The minimum Gasteiger partial charge on any atom is -0.391 e. The molecular weight excluding hydrogens is 519 g/mol. The number of rotatable bonds is 7. The highest BCUT2D eigenvalue weighted by molar-refractivity contribution is 5.83. The van der Waals surface area contributed by atoms with Gasteiger partial charge < -0.3 is 20.9 Å². The van der Waals surface area contributed by atoms with E-state index in [0.717, 1.165) is 63.6 Å². The lowest BCUT2D eigenvalue weighted by Crippen LogP contribution is -2.47. The molecule has 1 aliphatic carbocycles. The molecule has 1 aromatic rings. The van der Waals surface area contributed by atoms with Crippen molar-refractivity contribution in [1.29, 1.82) is 0 Å². The fourth-order valence-corrected chi connectivity index (χ4v) is 5.99. The summed E-state index contributed by atoms with van der Waals surface area (Å²) >= 11 is 0. The Bertz CT molecular complexity index is 1160. The summed E-state index contributed by atoms with van der Waals surface area (Å²) in [5.74, 6) is 0.594. The van der Waals surface area contributed by atoms with Gasteiger partial charge in [0.2, 0.25) is 5.91 Å². The van der Waals surface area contributed by atoms with Crippen molar-refractivity contribution in [3.05, 3.63) is 53.3 Å². The minimum atomic E-state index is -4.51. The number of anilines is 1. The monoisotopic (exact) mass is 559 g/mol. The van der Waals surface area contributed by atoms with Gasteiger partial charge in [-0.15, -0.1) is 0 Å². The van der Waals surface area contributed by atoms with Crippen LogP contribution in [-0.2, 0) is 16.4 Å². The molecule has 0 saturated carbocycles. The van der Waals surface area contributed by atoms with E-state index in [9.17, 15) is 18.0 Å². The molecule has 4 heterocycles. The van der Waals surface area contributed by atoms with Crippen molar-refractivity contribution in [2.75, 3.05) is 50.7 Å². The molecule has 3 aliphatic heterocycles. The number of piperazine rings is 1. The third kappa shape index (κ3) is 5.99. The highest BCUT2D eigenvalue weighted by Crippen LogP contribution is 2.49. The average Bonchev–Trinajstić information content (AvgIpc) is 3.30. The summed E-state index contributed by atoms with van der Waals surface area (Å²) in [5, 5.41) is 9.89. The highest BCUT2D eigenvalue weighted by atomic mass is 19.4. The van der Waals surface area contributed by atoms with Gasteiger partial charge in [0.05, 0.1) is 0 Å². The zero-order valence-electron chi connectivity index (χ0n) is 23.6. The van der Waals surface area contributed by atoms with Gasteiger partial charge in [-0.2, -0.15) is 13.2 Å². The minimum absolute atomic E-state index is 0.0499. The van der Waals surface area contributed by atoms with E-state index in [1.54, 1.807) is 0 Å². The lowest BCUT2D eigenvalue weighted by molar-refractivity contribution is -0.141. The normalized spacial score (nSPS) is 24.9. The number of nitrogens with zero attached hydrogens (tertiary/aromatic N) is 4. The van der Waals surface area contributed by atoms with Crippen molar-refractivity contribution >= 4 is 11.7 Å². The predicted molar refractivity (Wildman–Crippen MR) is 149 cm³/mol. The first kappa shape index (κ1) is 28.4. The number of carbonyl (C=O) groups excluding carboxylic acids is 1. The van der Waals surface area contributed by atoms with Gasteiger partial charge in [0, 0.05) is 68.1 Å². The summed E-state index contributed by atoms with van der Waals surface area (Å²) in [7, 11) is 0. The molecule has 40 heavy (non-hydrogen) atoms. The first-order chi connectivity index (χ1) is 19.0. The molecule has 0 aromatic carbocycles. The van der Waals surface area contributed by atoms with Crippen LogP contribution >= 0.6 is 0 Å².